The Morgan fingerprint density at radius 1 is 0.800 bits per heavy atom. The second kappa shape index (κ2) is 1.21. The van der Waals surface area contributed by atoms with Gasteiger partial charge in [-0.1, -0.05) is 0 Å². The normalized spacial score (nSPS) is 15.2. The van der Waals surface area contributed by atoms with Gasteiger partial charge >= 0.3 is 32.6 Å². The number of rotatable bonds is 0. The molecule has 0 aliphatic rings. The zero-order valence-corrected chi connectivity index (χ0v) is 3.68. The van der Waals surface area contributed by atoms with Crippen LogP contribution in [0.2, 0.25) is 0 Å². The predicted molar refractivity (Wildman–Crippen MR) is 16.7 cm³/mol. The minimum atomic E-state index is -2.38. The molecule has 0 radical (unpaired) electrons. The molecule has 0 aromatic carbocycles. The first-order valence-corrected chi connectivity index (χ1v) is 3.17. The Morgan fingerprint density at radius 3 is 0.800 bits per heavy atom. The van der Waals surface area contributed by atoms with Crippen LogP contribution in [0.15, 0.2) is 0 Å². The van der Waals surface area contributed by atoms with E-state index in [1.165, 1.54) is 0 Å². The molecule has 0 atom stereocenters. The summed E-state index contributed by atoms with van der Waals surface area (Å²) in [5.41, 5.74) is 0. The summed E-state index contributed by atoms with van der Waals surface area (Å²) in [6.07, 6.45) is 0. The zero-order valence-electron chi connectivity index (χ0n) is 2.64. The van der Waals surface area contributed by atoms with Crippen LogP contribution >= 0.6 is 0 Å². The molecule has 0 aliphatic heterocycles. The van der Waals surface area contributed by atoms with Crippen LogP contribution in [0.3, 0.4) is 0 Å². The Labute approximate surface area is 33.5 Å². The molecular weight excluding hydrogens is 115 g/mol. The summed E-state index contributed by atoms with van der Waals surface area (Å²) < 4.78 is 0. The van der Waals surface area contributed by atoms with Gasteiger partial charge in [-0.2, -0.15) is 0 Å². The monoisotopic (exact) mass is 123 g/mol. The van der Waals surface area contributed by atoms with Gasteiger partial charge in [0, 0.05) is 0 Å². The van der Waals surface area contributed by atoms with E-state index in [0.717, 1.165) is 0 Å². The molecule has 0 aromatic rings. The summed E-state index contributed by atoms with van der Waals surface area (Å²) in [7, 11) is 0. The molecule has 0 aliphatic carbocycles. The third-order valence-corrected chi connectivity index (χ3v) is 0. The van der Waals surface area contributed by atoms with Crippen molar-refractivity contribution in [3.05, 3.63) is 0 Å². The Morgan fingerprint density at radius 2 is 0.800 bits per heavy atom. The minimum absolute atomic E-state index is 2.38. The first kappa shape index (κ1) is 5.35. The second-order valence-electron chi connectivity index (χ2n) is 0.667. The van der Waals surface area contributed by atoms with Gasteiger partial charge in [0.2, 0.25) is 0 Å². The van der Waals surface area contributed by atoms with Crippen LogP contribution < -0.4 is 19.1 Å². The van der Waals surface area contributed by atoms with Crippen molar-refractivity contribution >= 4 is 0 Å². The van der Waals surface area contributed by atoms with E-state index in [9.17, 15) is 0 Å². The van der Waals surface area contributed by atoms with Crippen LogP contribution in [0.4, 0.5) is 0 Å². The molecule has 0 spiro atoms. The number of nitrogens with two attached hydrogens (primary N) is 4. The number of hydrogen-bond acceptors (Lipinski definition) is 4. The quantitative estimate of drug-likeness (QED) is 0.289. The molecule has 0 rings (SSSR count). The van der Waals surface area contributed by atoms with E-state index in [1.54, 1.807) is 0 Å². The summed E-state index contributed by atoms with van der Waals surface area (Å²) in [6, 6.07) is 0. The summed E-state index contributed by atoms with van der Waals surface area (Å²) in [5.74, 6) is 0. The van der Waals surface area contributed by atoms with Crippen molar-refractivity contribution in [1.29, 1.82) is 0 Å². The van der Waals surface area contributed by atoms with Crippen molar-refractivity contribution < 1.29 is 13.5 Å². The van der Waals surface area contributed by atoms with Gasteiger partial charge in [0.05, 0.1) is 0 Å². The zero-order chi connectivity index (χ0) is 4.50. The Bertz CT molecular complexity index is 19.1. The first-order valence-electron chi connectivity index (χ1n) is 0.770. The van der Waals surface area contributed by atoms with Crippen molar-refractivity contribution in [3.8, 4) is 0 Å². The summed E-state index contributed by atoms with van der Waals surface area (Å²) in [4.78, 5) is 19.2. The van der Waals surface area contributed by atoms with Crippen molar-refractivity contribution in [2.75, 3.05) is 0 Å². The van der Waals surface area contributed by atoms with E-state index in [1.807, 2.05) is 0 Å². The van der Waals surface area contributed by atoms with Crippen LogP contribution in [0.5, 0.6) is 0 Å². The fraction of sp³-hybridized carbons (Fsp3) is 0. The Kier molecular flexibility index (Phi) is 1.29. The molecule has 37 valence electrons. The molecule has 8 N–H and O–H groups in total. The molecule has 0 bridgehead atoms. The maximum atomic E-state index is 4.80. The fourth-order valence-electron chi connectivity index (χ4n) is 0. The summed E-state index contributed by atoms with van der Waals surface area (Å²) in [5, 5.41) is 0. The van der Waals surface area contributed by atoms with Gasteiger partial charge < -0.3 is 0 Å². The van der Waals surface area contributed by atoms with Crippen molar-refractivity contribution in [3.63, 3.8) is 0 Å². The molecule has 0 saturated heterocycles. The Balaban J connectivity index is 3.02. The molecule has 0 fully saturated rings. The van der Waals surface area contributed by atoms with Gasteiger partial charge in [0.1, 0.15) is 0 Å². The first-order chi connectivity index (χ1) is 2.00. The topological polar surface area (TPSA) is 104 Å². The van der Waals surface area contributed by atoms with Crippen molar-refractivity contribution in [2.24, 2.45) is 19.1 Å². The molecule has 5 heteroatoms. The third-order valence-electron chi connectivity index (χ3n) is 0. The Hall–Kier alpha value is 0.346. The van der Waals surface area contributed by atoms with E-state index in [-0.39, 0.29) is 0 Å². The van der Waals surface area contributed by atoms with Crippen LogP contribution in [0.1, 0.15) is 0 Å². The van der Waals surface area contributed by atoms with Gasteiger partial charge in [0.15, 0.2) is 0 Å². The van der Waals surface area contributed by atoms with Crippen molar-refractivity contribution in [1.82, 2.24) is 0 Å². The average molecular weight is 123 g/mol. The predicted octanol–water partition coefficient (Wildman–Crippen LogP) is -2.36. The number of hydrogen-bond donors (Lipinski definition) is 4. The standard InChI is InChI=1S/Co.4H2N/h;4*1H2/q+4;4*-1. The molecule has 0 aromatic heterocycles. The molecule has 0 heterocycles. The van der Waals surface area contributed by atoms with Gasteiger partial charge in [-0.3, -0.25) is 0 Å². The van der Waals surface area contributed by atoms with Gasteiger partial charge in [-0.15, -0.1) is 0 Å². The third kappa shape index (κ3) is 199. The van der Waals surface area contributed by atoms with E-state index >= 15 is 0 Å². The molecule has 0 saturated carbocycles. The van der Waals surface area contributed by atoms with Crippen LogP contribution in [0.25, 0.3) is 0 Å². The average Bonchev–Trinajstić information content (AvgIpc) is 0.722. The van der Waals surface area contributed by atoms with Crippen molar-refractivity contribution in [2.45, 2.75) is 0 Å². The SMILES string of the molecule is [NH2][Co]([NH2])([NH2])[NH2]. The van der Waals surface area contributed by atoms with Crippen LogP contribution in [0, 0.1) is 0 Å². The van der Waals surface area contributed by atoms with E-state index in [2.05, 4.69) is 0 Å². The van der Waals surface area contributed by atoms with E-state index in [0.29, 0.717) is 0 Å². The fourth-order valence-corrected chi connectivity index (χ4v) is 0. The summed E-state index contributed by atoms with van der Waals surface area (Å²) in [6.45, 7) is 0. The molecule has 0 unspecified atom stereocenters. The summed E-state index contributed by atoms with van der Waals surface area (Å²) >= 11 is -2.38. The molecule has 4 nitrogen and oxygen atoms in total. The van der Waals surface area contributed by atoms with Gasteiger partial charge in [-0.25, -0.2) is 0 Å². The van der Waals surface area contributed by atoms with Crippen LogP contribution in [-0.4, -0.2) is 0 Å². The van der Waals surface area contributed by atoms with Crippen LogP contribution in [-0.2, 0) is 13.5 Å². The molecule has 0 amide bonds. The van der Waals surface area contributed by atoms with Gasteiger partial charge in [0.25, 0.3) is 0 Å². The maximum absolute atomic E-state index is 4.80. The van der Waals surface area contributed by atoms with E-state index < -0.39 is 13.5 Å². The van der Waals surface area contributed by atoms with E-state index in [4.69, 9.17) is 19.1 Å². The van der Waals surface area contributed by atoms with Gasteiger partial charge in [-0.05, 0) is 0 Å². The molecule has 5 heavy (non-hydrogen) atoms. The molecular formula is H8CoN4. The second-order valence-corrected chi connectivity index (χ2v) is 2.75.